The van der Waals surface area contributed by atoms with Gasteiger partial charge in [-0.15, -0.1) is 0 Å². The number of nitrogens with zero attached hydrogens (tertiary/aromatic N) is 1. The first-order valence-electron chi connectivity index (χ1n) is 8.32. The van der Waals surface area contributed by atoms with E-state index in [2.05, 4.69) is 10.1 Å². The molecular weight excluding hydrogens is 324 g/mol. The Morgan fingerprint density at radius 2 is 1.68 bits per heavy atom. The van der Waals surface area contributed by atoms with Crippen molar-refractivity contribution < 1.29 is 23.9 Å². The van der Waals surface area contributed by atoms with Gasteiger partial charge in [-0.1, -0.05) is 6.42 Å². The van der Waals surface area contributed by atoms with Crippen LogP contribution in [-0.4, -0.2) is 42.2 Å². The highest BCUT2D eigenvalue weighted by molar-refractivity contribution is 6.01. The van der Waals surface area contributed by atoms with Crippen molar-refractivity contribution in [1.29, 1.82) is 0 Å². The average molecular weight is 346 g/mol. The highest BCUT2D eigenvalue weighted by Crippen LogP contribution is 2.14. The molecule has 0 unspecified atom stereocenters. The average Bonchev–Trinajstić information content (AvgIpc) is 2.93. The molecule has 0 saturated carbocycles. The van der Waals surface area contributed by atoms with E-state index in [0.29, 0.717) is 49.9 Å². The number of imide groups is 1. The molecule has 1 aromatic rings. The number of amides is 3. The molecule has 0 spiro atoms. The van der Waals surface area contributed by atoms with Crippen molar-refractivity contribution in [1.82, 2.24) is 4.90 Å². The van der Waals surface area contributed by atoms with Gasteiger partial charge >= 0.3 is 5.97 Å². The Labute approximate surface area is 146 Å². The molecule has 0 bridgehead atoms. The molecule has 7 nitrogen and oxygen atoms in total. The van der Waals surface area contributed by atoms with Gasteiger partial charge in [0.15, 0.2) is 0 Å². The number of hydrogen-bond acceptors (Lipinski definition) is 5. The first kappa shape index (κ1) is 18.6. The third-order valence-corrected chi connectivity index (χ3v) is 4.03. The lowest BCUT2D eigenvalue weighted by Gasteiger charge is -2.13. The maximum Gasteiger partial charge on any atom is 0.337 e. The molecule has 7 heteroatoms. The summed E-state index contributed by atoms with van der Waals surface area (Å²) >= 11 is 0. The summed E-state index contributed by atoms with van der Waals surface area (Å²) in [4.78, 5) is 47.4. The Balaban J connectivity index is 1.64. The SMILES string of the molecule is COC(=O)c1ccc(NC(=O)CCCCCN2C(=O)CCC2=O)cc1. The fourth-order valence-corrected chi connectivity index (χ4v) is 2.64. The normalized spacial score (nSPS) is 13.9. The minimum atomic E-state index is -0.423. The van der Waals surface area contributed by atoms with E-state index in [1.54, 1.807) is 24.3 Å². The third-order valence-electron chi connectivity index (χ3n) is 4.03. The predicted molar refractivity (Wildman–Crippen MR) is 90.8 cm³/mol. The number of methoxy groups -OCH3 is 1. The molecule has 1 N–H and O–H groups in total. The van der Waals surface area contributed by atoms with Gasteiger partial charge in [-0.2, -0.15) is 0 Å². The Morgan fingerprint density at radius 1 is 1.04 bits per heavy atom. The van der Waals surface area contributed by atoms with E-state index in [0.717, 1.165) is 6.42 Å². The number of carbonyl (C=O) groups excluding carboxylic acids is 4. The van der Waals surface area contributed by atoms with Crippen molar-refractivity contribution in [3.63, 3.8) is 0 Å². The molecule has 2 rings (SSSR count). The molecule has 1 aliphatic heterocycles. The van der Waals surface area contributed by atoms with Gasteiger partial charge in [0.25, 0.3) is 0 Å². The number of ether oxygens (including phenoxy) is 1. The Hall–Kier alpha value is -2.70. The topological polar surface area (TPSA) is 92.8 Å². The lowest BCUT2D eigenvalue weighted by molar-refractivity contribution is -0.138. The number of esters is 1. The summed E-state index contributed by atoms with van der Waals surface area (Å²) in [6.45, 7) is 0.439. The summed E-state index contributed by atoms with van der Waals surface area (Å²) in [5.41, 5.74) is 1.04. The van der Waals surface area contributed by atoms with E-state index >= 15 is 0 Å². The van der Waals surface area contributed by atoms with Crippen LogP contribution >= 0.6 is 0 Å². The van der Waals surface area contributed by atoms with Crippen LogP contribution in [0.5, 0.6) is 0 Å². The van der Waals surface area contributed by atoms with Crippen molar-refractivity contribution in [2.24, 2.45) is 0 Å². The number of rotatable bonds is 8. The fraction of sp³-hybridized carbons (Fsp3) is 0.444. The first-order chi connectivity index (χ1) is 12.0. The summed E-state index contributed by atoms with van der Waals surface area (Å²) in [5.74, 6) is -0.733. The maximum absolute atomic E-state index is 11.9. The molecule has 25 heavy (non-hydrogen) atoms. The molecule has 0 aromatic heterocycles. The second-order valence-corrected chi connectivity index (χ2v) is 5.87. The molecule has 0 aliphatic carbocycles. The smallest absolute Gasteiger partial charge is 0.337 e. The molecule has 1 heterocycles. The molecular formula is C18H22N2O5. The van der Waals surface area contributed by atoms with Gasteiger partial charge in [-0.05, 0) is 37.1 Å². The molecule has 1 saturated heterocycles. The number of carbonyl (C=O) groups is 4. The number of benzene rings is 1. The van der Waals surface area contributed by atoms with Crippen LogP contribution < -0.4 is 5.32 Å². The third kappa shape index (κ3) is 5.41. The first-order valence-corrected chi connectivity index (χ1v) is 8.32. The van der Waals surface area contributed by atoms with E-state index in [1.807, 2.05) is 0 Å². The van der Waals surface area contributed by atoms with Crippen LogP contribution in [-0.2, 0) is 19.1 Å². The van der Waals surface area contributed by atoms with Crippen molar-refractivity contribution in [2.45, 2.75) is 38.5 Å². The molecule has 3 amide bonds. The van der Waals surface area contributed by atoms with Gasteiger partial charge < -0.3 is 10.1 Å². The Morgan fingerprint density at radius 3 is 2.28 bits per heavy atom. The van der Waals surface area contributed by atoms with E-state index in [-0.39, 0.29) is 17.7 Å². The van der Waals surface area contributed by atoms with Crippen LogP contribution in [0, 0.1) is 0 Å². The Kier molecular flexibility index (Phi) is 6.68. The van der Waals surface area contributed by atoms with Crippen molar-refractivity contribution in [3.05, 3.63) is 29.8 Å². The van der Waals surface area contributed by atoms with Crippen LogP contribution in [0.3, 0.4) is 0 Å². The summed E-state index contributed by atoms with van der Waals surface area (Å²) in [6, 6.07) is 6.47. The number of hydrogen-bond donors (Lipinski definition) is 1. The van der Waals surface area contributed by atoms with Crippen molar-refractivity contribution >= 4 is 29.4 Å². The minimum absolute atomic E-state index is 0.0989. The highest BCUT2D eigenvalue weighted by atomic mass is 16.5. The van der Waals surface area contributed by atoms with Crippen LogP contribution in [0.1, 0.15) is 48.9 Å². The number of likely N-dealkylation sites (tertiary alicyclic amines) is 1. The molecule has 0 radical (unpaired) electrons. The van der Waals surface area contributed by atoms with Gasteiger partial charge in [0.05, 0.1) is 12.7 Å². The van der Waals surface area contributed by atoms with E-state index in [1.165, 1.54) is 12.0 Å². The van der Waals surface area contributed by atoms with E-state index < -0.39 is 5.97 Å². The standard InChI is InChI=1S/C18H22N2O5/c1-25-18(24)13-6-8-14(9-7-13)19-15(21)5-3-2-4-12-20-16(22)10-11-17(20)23/h6-9H,2-5,10-12H2,1H3,(H,19,21). The zero-order chi connectivity index (χ0) is 18.2. The van der Waals surface area contributed by atoms with Crippen LogP contribution in [0.25, 0.3) is 0 Å². The molecule has 134 valence electrons. The minimum Gasteiger partial charge on any atom is -0.465 e. The largest absolute Gasteiger partial charge is 0.465 e. The van der Waals surface area contributed by atoms with Crippen LogP contribution in [0.2, 0.25) is 0 Å². The molecule has 0 atom stereocenters. The van der Waals surface area contributed by atoms with Gasteiger partial charge in [-0.25, -0.2) is 4.79 Å². The van der Waals surface area contributed by atoms with Gasteiger partial charge in [0, 0.05) is 31.5 Å². The quantitative estimate of drug-likeness (QED) is 0.442. The lowest BCUT2D eigenvalue weighted by Crippen LogP contribution is -2.29. The Bertz CT molecular complexity index is 638. The zero-order valence-corrected chi connectivity index (χ0v) is 14.2. The second-order valence-electron chi connectivity index (χ2n) is 5.87. The summed E-state index contributed by atoms with van der Waals surface area (Å²) in [6.07, 6.45) is 3.15. The number of nitrogens with one attached hydrogen (secondary N) is 1. The fourth-order valence-electron chi connectivity index (χ4n) is 2.64. The second kappa shape index (κ2) is 8.96. The van der Waals surface area contributed by atoms with Crippen LogP contribution in [0.4, 0.5) is 5.69 Å². The molecule has 1 fully saturated rings. The zero-order valence-electron chi connectivity index (χ0n) is 14.2. The number of anilines is 1. The monoisotopic (exact) mass is 346 g/mol. The van der Waals surface area contributed by atoms with E-state index in [9.17, 15) is 19.2 Å². The van der Waals surface area contributed by atoms with E-state index in [4.69, 9.17) is 0 Å². The summed E-state index contributed by atoms with van der Waals surface area (Å²) in [5, 5.41) is 2.76. The maximum atomic E-state index is 11.9. The molecule has 1 aromatic carbocycles. The van der Waals surface area contributed by atoms with Gasteiger partial charge in [0.1, 0.15) is 0 Å². The lowest BCUT2D eigenvalue weighted by atomic mass is 10.1. The molecule has 1 aliphatic rings. The highest BCUT2D eigenvalue weighted by Gasteiger charge is 2.27. The van der Waals surface area contributed by atoms with Gasteiger partial charge in [0.2, 0.25) is 17.7 Å². The predicted octanol–water partition coefficient (Wildman–Crippen LogP) is 2.12. The van der Waals surface area contributed by atoms with Crippen LogP contribution in [0.15, 0.2) is 24.3 Å². The van der Waals surface area contributed by atoms with Crippen molar-refractivity contribution in [3.8, 4) is 0 Å². The van der Waals surface area contributed by atoms with Gasteiger partial charge in [-0.3, -0.25) is 19.3 Å². The summed E-state index contributed by atoms with van der Waals surface area (Å²) in [7, 11) is 1.31. The van der Waals surface area contributed by atoms with Crippen molar-refractivity contribution in [2.75, 3.05) is 19.0 Å². The summed E-state index contributed by atoms with van der Waals surface area (Å²) < 4.78 is 4.61. The number of unbranched alkanes of at least 4 members (excludes halogenated alkanes) is 2.